The zero-order chi connectivity index (χ0) is 14.9. The summed E-state index contributed by atoms with van der Waals surface area (Å²) in [5.41, 5.74) is 2.39. The summed E-state index contributed by atoms with van der Waals surface area (Å²) in [5, 5.41) is 4.33. The smallest absolute Gasteiger partial charge is 0.271 e. The number of halogens is 4. The second-order valence-electron chi connectivity index (χ2n) is 4.66. The minimum absolute atomic E-state index is 0.604. The number of aromatic nitrogens is 2. The number of alkyl halides is 3. The van der Waals surface area contributed by atoms with E-state index >= 15 is 0 Å². The van der Waals surface area contributed by atoms with Gasteiger partial charge in [0, 0.05) is 7.05 Å². The summed E-state index contributed by atoms with van der Waals surface area (Å²) in [6.45, 7) is 1.95. The molecule has 0 fully saturated rings. The fourth-order valence-electron chi connectivity index (χ4n) is 2.07. The predicted molar refractivity (Wildman–Crippen MR) is 79.5 cm³/mol. The number of aryl methyl sites for hydroxylation is 3. The van der Waals surface area contributed by atoms with E-state index < -0.39 is 11.7 Å². The van der Waals surface area contributed by atoms with Crippen molar-refractivity contribution in [1.82, 2.24) is 9.78 Å². The van der Waals surface area contributed by atoms with Crippen LogP contribution < -0.4 is 0 Å². The molecule has 20 heavy (non-hydrogen) atoms. The molecule has 0 N–H and O–H groups in total. The van der Waals surface area contributed by atoms with Gasteiger partial charge in [0.15, 0.2) is 0 Å². The van der Waals surface area contributed by atoms with Crippen LogP contribution in [0.25, 0.3) is 0 Å². The van der Waals surface area contributed by atoms with Crippen molar-refractivity contribution in [2.75, 3.05) is 0 Å². The Morgan fingerprint density at radius 1 is 1.15 bits per heavy atom. The van der Waals surface area contributed by atoms with Crippen LogP contribution >= 0.6 is 22.6 Å². The van der Waals surface area contributed by atoms with Gasteiger partial charge in [0.25, 0.3) is 0 Å². The molecule has 2 rings (SSSR count). The number of benzene rings is 1. The highest BCUT2D eigenvalue weighted by Gasteiger charge is 2.29. The molecule has 0 radical (unpaired) electrons. The summed E-state index contributed by atoms with van der Waals surface area (Å²) in [6.07, 6.45) is -2.80. The summed E-state index contributed by atoms with van der Waals surface area (Å²) in [7, 11) is 1.89. The molecule has 0 bridgehead atoms. The highest BCUT2D eigenvalue weighted by atomic mass is 127. The van der Waals surface area contributed by atoms with E-state index in [1.165, 1.54) is 0 Å². The molecule has 0 aliphatic rings. The first-order valence-corrected chi connectivity index (χ1v) is 7.21. The minimum atomic E-state index is -4.27. The molecule has 0 aliphatic carbocycles. The van der Waals surface area contributed by atoms with Gasteiger partial charge in [0.2, 0.25) is 0 Å². The lowest BCUT2D eigenvalue weighted by molar-refractivity contribution is -0.137. The SMILES string of the molecule is Cc1nn(C)c(CCc2ccc(C(F)(F)F)cc2)c1I. The van der Waals surface area contributed by atoms with Crippen molar-refractivity contribution in [3.05, 3.63) is 50.4 Å². The Kier molecular flexibility index (Phi) is 4.41. The second-order valence-corrected chi connectivity index (χ2v) is 5.74. The van der Waals surface area contributed by atoms with Crippen LogP contribution in [0.5, 0.6) is 0 Å². The molecule has 2 nitrogen and oxygen atoms in total. The molecular weight excluding hydrogens is 380 g/mol. The summed E-state index contributed by atoms with van der Waals surface area (Å²) in [6, 6.07) is 5.35. The monoisotopic (exact) mass is 394 g/mol. The summed E-state index contributed by atoms with van der Waals surface area (Å²) in [5.74, 6) is 0. The van der Waals surface area contributed by atoms with E-state index in [9.17, 15) is 13.2 Å². The number of hydrogen-bond acceptors (Lipinski definition) is 1. The fourth-order valence-corrected chi connectivity index (χ4v) is 2.80. The van der Waals surface area contributed by atoms with Gasteiger partial charge in [0.05, 0.1) is 20.5 Å². The molecule has 0 aliphatic heterocycles. The minimum Gasteiger partial charge on any atom is -0.271 e. The van der Waals surface area contributed by atoms with E-state index in [0.29, 0.717) is 6.42 Å². The van der Waals surface area contributed by atoms with Crippen LogP contribution in [0, 0.1) is 10.5 Å². The molecule has 1 heterocycles. The molecule has 0 spiro atoms. The van der Waals surface area contributed by atoms with Crippen LogP contribution in [0.3, 0.4) is 0 Å². The first-order valence-electron chi connectivity index (χ1n) is 6.13. The van der Waals surface area contributed by atoms with E-state index in [4.69, 9.17) is 0 Å². The largest absolute Gasteiger partial charge is 0.416 e. The zero-order valence-electron chi connectivity index (χ0n) is 11.1. The van der Waals surface area contributed by atoms with E-state index in [2.05, 4.69) is 27.7 Å². The van der Waals surface area contributed by atoms with Crippen molar-refractivity contribution in [1.29, 1.82) is 0 Å². The van der Waals surface area contributed by atoms with Gasteiger partial charge >= 0.3 is 6.18 Å². The van der Waals surface area contributed by atoms with E-state index in [0.717, 1.165) is 39.1 Å². The molecule has 0 amide bonds. The van der Waals surface area contributed by atoms with Crippen LogP contribution in [-0.4, -0.2) is 9.78 Å². The third-order valence-corrected chi connectivity index (χ3v) is 4.60. The number of rotatable bonds is 3. The van der Waals surface area contributed by atoms with Crippen molar-refractivity contribution in [2.45, 2.75) is 25.9 Å². The molecule has 0 saturated heterocycles. The molecule has 1 aromatic carbocycles. The Labute approximate surface area is 129 Å². The maximum absolute atomic E-state index is 12.5. The Bertz CT molecular complexity index is 600. The molecular formula is C14H14F3IN2. The molecule has 0 unspecified atom stereocenters. The van der Waals surface area contributed by atoms with Gasteiger partial charge in [-0.1, -0.05) is 12.1 Å². The van der Waals surface area contributed by atoms with Crippen LogP contribution in [0.2, 0.25) is 0 Å². The molecule has 108 valence electrons. The summed E-state index contributed by atoms with van der Waals surface area (Å²) >= 11 is 2.25. The van der Waals surface area contributed by atoms with Crippen molar-refractivity contribution >= 4 is 22.6 Å². The number of hydrogen-bond donors (Lipinski definition) is 0. The second kappa shape index (κ2) is 5.75. The van der Waals surface area contributed by atoms with Crippen molar-refractivity contribution < 1.29 is 13.2 Å². The molecule has 0 atom stereocenters. The zero-order valence-corrected chi connectivity index (χ0v) is 13.3. The lowest BCUT2D eigenvalue weighted by Crippen LogP contribution is -2.05. The average Bonchev–Trinajstić information content (AvgIpc) is 2.61. The van der Waals surface area contributed by atoms with Gasteiger partial charge in [-0.25, -0.2) is 0 Å². The van der Waals surface area contributed by atoms with E-state index in [1.54, 1.807) is 12.1 Å². The summed E-state index contributed by atoms with van der Waals surface area (Å²) < 4.78 is 40.4. The molecule has 6 heteroatoms. The van der Waals surface area contributed by atoms with Gasteiger partial charge in [0.1, 0.15) is 0 Å². The molecule has 1 aromatic heterocycles. The lowest BCUT2D eigenvalue weighted by Gasteiger charge is -2.08. The van der Waals surface area contributed by atoms with Gasteiger partial charge in [-0.3, -0.25) is 4.68 Å². The van der Waals surface area contributed by atoms with Crippen LogP contribution in [0.4, 0.5) is 13.2 Å². The van der Waals surface area contributed by atoms with Gasteiger partial charge in [-0.05, 0) is 60.1 Å². The average molecular weight is 394 g/mol. The van der Waals surface area contributed by atoms with Gasteiger partial charge < -0.3 is 0 Å². The Hall–Kier alpha value is -1.05. The van der Waals surface area contributed by atoms with E-state index in [1.807, 2.05) is 18.7 Å². The van der Waals surface area contributed by atoms with Crippen molar-refractivity contribution in [3.63, 3.8) is 0 Å². The van der Waals surface area contributed by atoms with Crippen LogP contribution in [0.15, 0.2) is 24.3 Å². The number of nitrogens with zero attached hydrogens (tertiary/aromatic N) is 2. The van der Waals surface area contributed by atoms with E-state index in [-0.39, 0.29) is 0 Å². The van der Waals surface area contributed by atoms with Crippen LogP contribution in [0.1, 0.15) is 22.5 Å². The van der Waals surface area contributed by atoms with Crippen LogP contribution in [-0.2, 0) is 26.1 Å². The normalized spacial score (nSPS) is 11.9. The third kappa shape index (κ3) is 3.34. The highest BCUT2D eigenvalue weighted by molar-refractivity contribution is 14.1. The topological polar surface area (TPSA) is 17.8 Å². The van der Waals surface area contributed by atoms with Gasteiger partial charge in [-0.15, -0.1) is 0 Å². The molecule has 0 saturated carbocycles. The fraction of sp³-hybridized carbons (Fsp3) is 0.357. The standard InChI is InChI=1S/C14H14F3IN2/c1-9-13(18)12(20(2)19-9)8-5-10-3-6-11(7-4-10)14(15,16)17/h3-4,6-7H,5,8H2,1-2H3. The first kappa shape index (κ1) is 15.3. The Balaban J connectivity index is 2.08. The Morgan fingerprint density at radius 3 is 2.20 bits per heavy atom. The lowest BCUT2D eigenvalue weighted by atomic mass is 10.1. The first-order chi connectivity index (χ1) is 9.29. The quantitative estimate of drug-likeness (QED) is 0.716. The maximum Gasteiger partial charge on any atom is 0.416 e. The third-order valence-electron chi connectivity index (χ3n) is 3.19. The predicted octanol–water partition coefficient (Wildman–Crippen LogP) is 4.14. The van der Waals surface area contributed by atoms with Crippen molar-refractivity contribution in [3.8, 4) is 0 Å². The highest BCUT2D eigenvalue weighted by Crippen LogP contribution is 2.29. The van der Waals surface area contributed by atoms with Crippen molar-refractivity contribution in [2.24, 2.45) is 7.05 Å². The Morgan fingerprint density at radius 2 is 1.75 bits per heavy atom. The summed E-state index contributed by atoms with van der Waals surface area (Å²) in [4.78, 5) is 0. The maximum atomic E-state index is 12.5. The molecule has 2 aromatic rings. The van der Waals surface area contributed by atoms with Gasteiger partial charge in [-0.2, -0.15) is 18.3 Å².